The van der Waals surface area contributed by atoms with Crippen molar-refractivity contribution in [3.05, 3.63) is 33.1 Å². The summed E-state index contributed by atoms with van der Waals surface area (Å²) in [5.41, 5.74) is -1.36. The third-order valence-corrected chi connectivity index (χ3v) is 5.99. The van der Waals surface area contributed by atoms with E-state index in [0.29, 0.717) is 31.3 Å². The van der Waals surface area contributed by atoms with Crippen molar-refractivity contribution in [3.63, 3.8) is 0 Å². The predicted octanol–water partition coefficient (Wildman–Crippen LogP) is 2.46. The van der Waals surface area contributed by atoms with Gasteiger partial charge in [0.15, 0.2) is 0 Å². The van der Waals surface area contributed by atoms with Crippen molar-refractivity contribution in [1.29, 1.82) is 0 Å². The highest BCUT2D eigenvalue weighted by atomic mass is 16.5. The SMILES string of the molecule is CCn1c(=O)ccn(C(=O)CCCCCOC(=O)C2(C)CC(C)C2C)c1=O. The minimum absolute atomic E-state index is 0.127. The summed E-state index contributed by atoms with van der Waals surface area (Å²) in [6.07, 6.45) is 4.33. The van der Waals surface area contributed by atoms with Gasteiger partial charge in [-0.1, -0.05) is 13.8 Å². The Morgan fingerprint density at radius 3 is 2.52 bits per heavy atom. The molecule has 1 aliphatic rings. The van der Waals surface area contributed by atoms with Gasteiger partial charge in [0.1, 0.15) is 0 Å². The fourth-order valence-corrected chi connectivity index (χ4v) is 3.77. The number of hydrogen-bond acceptors (Lipinski definition) is 5. The Morgan fingerprint density at radius 2 is 1.93 bits per heavy atom. The molecule has 0 amide bonds. The second-order valence-corrected chi connectivity index (χ2v) is 7.78. The number of aromatic nitrogens is 2. The maximum atomic E-state index is 12.2. The summed E-state index contributed by atoms with van der Waals surface area (Å²) in [6, 6.07) is 1.23. The molecule has 0 spiro atoms. The molecule has 0 aromatic carbocycles. The molecule has 1 aromatic heterocycles. The van der Waals surface area contributed by atoms with Crippen molar-refractivity contribution < 1.29 is 14.3 Å². The first kappa shape index (κ1) is 21.1. The number of nitrogens with zero attached hydrogens (tertiary/aromatic N) is 2. The fraction of sp³-hybridized carbons (Fsp3) is 0.700. The number of ether oxygens (including phenoxy) is 1. The van der Waals surface area contributed by atoms with Crippen LogP contribution in [-0.2, 0) is 16.1 Å². The number of rotatable bonds is 8. The lowest BCUT2D eigenvalue weighted by Gasteiger charge is -2.48. The van der Waals surface area contributed by atoms with E-state index in [1.807, 2.05) is 6.92 Å². The van der Waals surface area contributed by atoms with E-state index in [1.165, 1.54) is 12.3 Å². The highest BCUT2D eigenvalue weighted by molar-refractivity contribution is 5.78. The largest absolute Gasteiger partial charge is 0.465 e. The topological polar surface area (TPSA) is 87.4 Å². The molecule has 0 radical (unpaired) electrons. The van der Waals surface area contributed by atoms with Crippen LogP contribution in [0.5, 0.6) is 0 Å². The lowest BCUT2D eigenvalue weighted by molar-refractivity contribution is -0.170. The average molecular weight is 378 g/mol. The number of carbonyl (C=O) groups excluding carboxylic acids is 2. The van der Waals surface area contributed by atoms with Gasteiger partial charge < -0.3 is 4.74 Å². The zero-order valence-corrected chi connectivity index (χ0v) is 16.7. The minimum atomic E-state index is -0.596. The Hall–Kier alpha value is -2.18. The van der Waals surface area contributed by atoms with Crippen molar-refractivity contribution in [2.75, 3.05) is 6.61 Å². The quantitative estimate of drug-likeness (QED) is 0.512. The highest BCUT2D eigenvalue weighted by Crippen LogP contribution is 2.51. The molecule has 0 saturated heterocycles. The second-order valence-electron chi connectivity index (χ2n) is 7.78. The first-order valence-corrected chi connectivity index (χ1v) is 9.75. The third-order valence-electron chi connectivity index (χ3n) is 5.99. The molecule has 0 aliphatic heterocycles. The van der Waals surface area contributed by atoms with Gasteiger partial charge in [0, 0.05) is 25.2 Å². The zero-order valence-electron chi connectivity index (χ0n) is 16.7. The molecule has 7 nitrogen and oxygen atoms in total. The van der Waals surface area contributed by atoms with Gasteiger partial charge in [-0.15, -0.1) is 0 Å². The van der Waals surface area contributed by atoms with Crippen molar-refractivity contribution in [3.8, 4) is 0 Å². The molecule has 1 fully saturated rings. The van der Waals surface area contributed by atoms with E-state index in [0.717, 1.165) is 22.0 Å². The monoisotopic (exact) mass is 378 g/mol. The van der Waals surface area contributed by atoms with Gasteiger partial charge in [-0.2, -0.15) is 0 Å². The van der Waals surface area contributed by atoms with Crippen LogP contribution in [-0.4, -0.2) is 27.6 Å². The van der Waals surface area contributed by atoms with Gasteiger partial charge in [-0.25, -0.2) is 9.36 Å². The van der Waals surface area contributed by atoms with E-state index in [4.69, 9.17) is 4.74 Å². The van der Waals surface area contributed by atoms with Crippen LogP contribution in [0.3, 0.4) is 0 Å². The molecule has 2 rings (SSSR count). The van der Waals surface area contributed by atoms with Gasteiger partial charge in [0.25, 0.3) is 5.56 Å². The summed E-state index contributed by atoms with van der Waals surface area (Å²) in [5, 5.41) is 0. The van der Waals surface area contributed by atoms with E-state index in [2.05, 4.69) is 13.8 Å². The van der Waals surface area contributed by atoms with Crippen molar-refractivity contribution in [2.45, 2.75) is 66.3 Å². The fourth-order valence-electron chi connectivity index (χ4n) is 3.77. The Balaban J connectivity index is 1.72. The van der Waals surface area contributed by atoms with Crippen LogP contribution >= 0.6 is 0 Å². The van der Waals surface area contributed by atoms with Crippen LogP contribution in [0, 0.1) is 17.3 Å². The highest BCUT2D eigenvalue weighted by Gasteiger charge is 2.51. The number of esters is 1. The van der Waals surface area contributed by atoms with Gasteiger partial charge in [-0.3, -0.25) is 19.0 Å². The average Bonchev–Trinajstić information content (AvgIpc) is 2.64. The van der Waals surface area contributed by atoms with Crippen molar-refractivity contribution in [2.24, 2.45) is 17.3 Å². The first-order valence-electron chi connectivity index (χ1n) is 9.75. The van der Waals surface area contributed by atoms with E-state index in [1.54, 1.807) is 6.92 Å². The van der Waals surface area contributed by atoms with Crippen LogP contribution in [0.4, 0.5) is 0 Å². The molecule has 150 valence electrons. The molecule has 1 aliphatic carbocycles. The molecule has 7 heteroatoms. The molecule has 3 unspecified atom stereocenters. The minimum Gasteiger partial charge on any atom is -0.465 e. The number of unbranched alkanes of at least 4 members (excludes halogenated alkanes) is 2. The summed E-state index contributed by atoms with van der Waals surface area (Å²) in [7, 11) is 0. The number of hydrogen-bond donors (Lipinski definition) is 0. The Kier molecular flexibility index (Phi) is 6.78. The molecule has 27 heavy (non-hydrogen) atoms. The van der Waals surface area contributed by atoms with Gasteiger partial charge >= 0.3 is 11.7 Å². The van der Waals surface area contributed by atoms with Crippen molar-refractivity contribution >= 4 is 11.9 Å². The zero-order chi connectivity index (χ0) is 20.2. The van der Waals surface area contributed by atoms with Gasteiger partial charge in [-0.05, 0) is 51.4 Å². The summed E-state index contributed by atoms with van der Waals surface area (Å²) in [4.78, 5) is 48.1. The Morgan fingerprint density at radius 1 is 1.22 bits per heavy atom. The van der Waals surface area contributed by atoms with Crippen LogP contribution < -0.4 is 11.2 Å². The third kappa shape index (κ3) is 4.39. The Bertz CT molecular complexity index is 809. The predicted molar refractivity (Wildman–Crippen MR) is 102 cm³/mol. The van der Waals surface area contributed by atoms with E-state index in [9.17, 15) is 19.2 Å². The van der Waals surface area contributed by atoms with E-state index in [-0.39, 0.29) is 30.3 Å². The molecule has 1 saturated carbocycles. The molecular weight excluding hydrogens is 348 g/mol. The van der Waals surface area contributed by atoms with Gasteiger partial charge in [0.2, 0.25) is 5.91 Å². The van der Waals surface area contributed by atoms with Crippen LogP contribution in [0.15, 0.2) is 21.9 Å². The molecule has 1 heterocycles. The van der Waals surface area contributed by atoms with Crippen LogP contribution in [0.1, 0.15) is 64.6 Å². The lowest BCUT2D eigenvalue weighted by atomic mass is 9.56. The van der Waals surface area contributed by atoms with Crippen LogP contribution in [0.2, 0.25) is 0 Å². The molecule has 0 N–H and O–H groups in total. The van der Waals surface area contributed by atoms with Gasteiger partial charge in [0.05, 0.1) is 12.0 Å². The first-order chi connectivity index (χ1) is 12.7. The maximum Gasteiger partial charge on any atom is 0.337 e. The molecule has 3 atom stereocenters. The van der Waals surface area contributed by atoms with E-state index < -0.39 is 11.2 Å². The second kappa shape index (κ2) is 8.67. The Labute approximate surface area is 159 Å². The molecule has 1 aromatic rings. The standard InChI is InChI=1S/C20H30N2O5/c1-5-21-17(24)10-11-22(19(21)26)16(23)9-7-6-8-12-27-18(25)20(4)13-14(2)15(20)3/h10-11,14-15H,5-9,12-13H2,1-4H3. The summed E-state index contributed by atoms with van der Waals surface area (Å²) in [5.74, 6) is 0.438. The maximum absolute atomic E-state index is 12.2. The smallest absolute Gasteiger partial charge is 0.337 e. The summed E-state index contributed by atoms with van der Waals surface area (Å²) >= 11 is 0. The summed E-state index contributed by atoms with van der Waals surface area (Å²) < 4.78 is 7.42. The molecule has 0 bridgehead atoms. The normalized spacial score (nSPS) is 24.3. The summed E-state index contributed by atoms with van der Waals surface area (Å²) in [6.45, 7) is 8.47. The number of carbonyl (C=O) groups is 2. The molecular formula is C20H30N2O5. The lowest BCUT2D eigenvalue weighted by Crippen LogP contribution is -2.49. The van der Waals surface area contributed by atoms with E-state index >= 15 is 0 Å². The van der Waals surface area contributed by atoms with Crippen molar-refractivity contribution in [1.82, 2.24) is 9.13 Å². The van der Waals surface area contributed by atoms with Crippen LogP contribution in [0.25, 0.3) is 0 Å².